The van der Waals surface area contributed by atoms with E-state index in [1.54, 1.807) is 0 Å². The number of anilines is 1. The van der Waals surface area contributed by atoms with E-state index in [1.807, 2.05) is 0 Å². The number of rotatable bonds is 2. The van der Waals surface area contributed by atoms with Gasteiger partial charge in [0.2, 0.25) is 0 Å². The zero-order chi connectivity index (χ0) is 13.6. The van der Waals surface area contributed by atoms with Crippen LogP contribution in [0.5, 0.6) is 0 Å². The van der Waals surface area contributed by atoms with Crippen molar-refractivity contribution < 1.29 is 20.1 Å². The summed E-state index contributed by atoms with van der Waals surface area (Å²) in [5.41, 5.74) is 6.44. The Bertz CT molecular complexity index is 603. The molecule has 0 unspecified atom stereocenters. The third-order valence-corrected chi connectivity index (χ3v) is 3.18. The standard InChI is InChI=1S/C10H13N5O4/c11-8-5-9(13-2-12-8)15(3-14-5)10-7(18)6(17)4(1-16)19-10/h2-4,6-7,10,16-18H,1H2,(H2,11,12,13)/t4-,6-,7-,10-/m1/s1/i3+2. The first-order valence-electron chi connectivity index (χ1n) is 5.69. The van der Waals surface area contributed by atoms with Crippen LogP contribution < -0.4 is 5.73 Å². The topological polar surface area (TPSA) is 140 Å². The minimum Gasteiger partial charge on any atom is -0.394 e. The SMILES string of the molecule is Nc1ncnc2c1n[14cH]n2[C@@H]1O[C@H](CO)[C@@H](O)[C@H]1O. The Hall–Kier alpha value is -1.81. The van der Waals surface area contributed by atoms with Crippen molar-refractivity contribution in [2.24, 2.45) is 0 Å². The maximum atomic E-state index is 9.95. The highest BCUT2D eigenvalue weighted by Crippen LogP contribution is 2.31. The lowest BCUT2D eigenvalue weighted by Gasteiger charge is -2.16. The van der Waals surface area contributed by atoms with Gasteiger partial charge in [0.15, 0.2) is 17.7 Å². The molecule has 0 radical (unpaired) electrons. The largest absolute Gasteiger partial charge is 0.394 e. The maximum absolute atomic E-state index is 9.95. The van der Waals surface area contributed by atoms with Crippen LogP contribution in [0, 0.1) is 0 Å². The van der Waals surface area contributed by atoms with Gasteiger partial charge in [-0.15, -0.1) is 0 Å². The van der Waals surface area contributed by atoms with Crippen LogP contribution in [0.15, 0.2) is 12.7 Å². The first-order chi connectivity index (χ1) is 9.13. The van der Waals surface area contributed by atoms with Gasteiger partial charge in [-0.3, -0.25) is 4.57 Å². The van der Waals surface area contributed by atoms with Crippen LogP contribution in [0.2, 0.25) is 0 Å². The number of nitrogen functional groups attached to an aromatic ring is 1. The Kier molecular flexibility index (Phi) is 2.82. The highest BCUT2D eigenvalue weighted by atomic mass is 16.6. The van der Waals surface area contributed by atoms with Crippen LogP contribution in [-0.2, 0) is 4.74 Å². The molecule has 1 aliphatic rings. The molecule has 0 saturated carbocycles. The summed E-state index contributed by atoms with van der Waals surface area (Å²) in [6.45, 7) is -0.390. The first kappa shape index (κ1) is 12.2. The molecular weight excluding hydrogens is 256 g/mol. The van der Waals surface area contributed by atoms with Crippen LogP contribution in [0.1, 0.15) is 6.23 Å². The van der Waals surface area contributed by atoms with E-state index in [-0.39, 0.29) is 5.82 Å². The smallest absolute Gasteiger partial charge is 0.167 e. The molecule has 0 bridgehead atoms. The first-order valence-corrected chi connectivity index (χ1v) is 5.69. The Morgan fingerprint density at radius 3 is 2.84 bits per heavy atom. The van der Waals surface area contributed by atoms with Gasteiger partial charge in [0.05, 0.1) is 12.9 Å². The zero-order valence-corrected chi connectivity index (χ0v) is 9.79. The van der Waals surface area contributed by atoms with Gasteiger partial charge in [-0.05, 0) is 0 Å². The van der Waals surface area contributed by atoms with E-state index in [0.29, 0.717) is 11.2 Å². The predicted molar refractivity (Wildman–Crippen MR) is 62.7 cm³/mol. The van der Waals surface area contributed by atoms with Gasteiger partial charge in [-0.1, -0.05) is 0 Å². The summed E-state index contributed by atoms with van der Waals surface area (Å²) in [4.78, 5) is 11.9. The number of ether oxygens (including phenoxy) is 1. The fraction of sp³-hybridized carbons (Fsp3) is 0.500. The lowest BCUT2D eigenvalue weighted by molar-refractivity contribution is -0.0511. The average Bonchev–Trinajstić information content (AvgIpc) is 2.94. The molecule has 3 heterocycles. The third kappa shape index (κ3) is 1.75. The Morgan fingerprint density at radius 1 is 1.37 bits per heavy atom. The van der Waals surface area contributed by atoms with Crippen molar-refractivity contribution in [1.29, 1.82) is 0 Å². The van der Waals surface area contributed by atoms with Crippen LogP contribution in [0.3, 0.4) is 0 Å². The number of hydrogen-bond donors (Lipinski definition) is 4. The summed E-state index contributed by atoms with van der Waals surface area (Å²) in [5, 5.41) is 28.7. The number of imidazole rings is 1. The van der Waals surface area contributed by atoms with Gasteiger partial charge in [0.1, 0.15) is 30.2 Å². The molecule has 1 saturated heterocycles. The van der Waals surface area contributed by atoms with Crippen molar-refractivity contribution in [3.8, 4) is 0 Å². The summed E-state index contributed by atoms with van der Waals surface area (Å²) in [5.74, 6) is 0.218. The summed E-state index contributed by atoms with van der Waals surface area (Å²) in [6.07, 6.45) is -1.42. The molecule has 102 valence electrons. The lowest BCUT2D eigenvalue weighted by Crippen LogP contribution is -2.33. The molecule has 2 aromatic rings. The van der Waals surface area contributed by atoms with E-state index in [1.165, 1.54) is 17.2 Å². The third-order valence-electron chi connectivity index (χ3n) is 3.18. The number of aliphatic hydroxyl groups is 3. The average molecular weight is 269 g/mol. The van der Waals surface area contributed by atoms with Gasteiger partial charge in [0, 0.05) is 0 Å². The molecule has 5 N–H and O–H groups in total. The minimum absolute atomic E-state index is 0.218. The van der Waals surface area contributed by atoms with Crippen LogP contribution in [0.4, 0.5) is 5.82 Å². The van der Waals surface area contributed by atoms with E-state index in [4.69, 9.17) is 15.6 Å². The van der Waals surface area contributed by atoms with Crippen molar-refractivity contribution >= 4 is 17.0 Å². The van der Waals surface area contributed by atoms with Gasteiger partial charge < -0.3 is 25.8 Å². The number of hydrogen-bond acceptors (Lipinski definition) is 8. The van der Waals surface area contributed by atoms with Crippen molar-refractivity contribution in [2.75, 3.05) is 12.3 Å². The second kappa shape index (κ2) is 4.38. The number of nitrogens with zero attached hydrogens (tertiary/aromatic N) is 4. The molecule has 1 fully saturated rings. The quantitative estimate of drug-likeness (QED) is 0.491. The highest BCUT2D eigenvalue weighted by Gasteiger charge is 2.43. The second-order valence-corrected chi connectivity index (χ2v) is 4.31. The van der Waals surface area contributed by atoms with Crippen molar-refractivity contribution in [2.45, 2.75) is 24.5 Å². The summed E-state index contributed by atoms with van der Waals surface area (Å²) < 4.78 is 6.85. The number of fused-ring (bicyclic) bond motifs is 1. The molecular formula is C10H13N5O4. The van der Waals surface area contributed by atoms with Gasteiger partial charge in [-0.2, -0.15) is 0 Å². The predicted octanol–water partition coefficient (Wildman–Crippen LogP) is -1.98. The molecule has 0 spiro atoms. The lowest BCUT2D eigenvalue weighted by atomic mass is 10.1. The zero-order valence-electron chi connectivity index (χ0n) is 9.79. The highest BCUT2D eigenvalue weighted by molar-refractivity contribution is 5.81. The maximum Gasteiger partial charge on any atom is 0.167 e. The molecule has 9 heteroatoms. The fourth-order valence-electron chi connectivity index (χ4n) is 2.17. The van der Waals surface area contributed by atoms with E-state index in [0.717, 1.165) is 0 Å². The van der Waals surface area contributed by atoms with Gasteiger partial charge >= 0.3 is 0 Å². The fourth-order valence-corrected chi connectivity index (χ4v) is 2.17. The van der Waals surface area contributed by atoms with Crippen molar-refractivity contribution in [3.63, 3.8) is 0 Å². The van der Waals surface area contributed by atoms with E-state index in [9.17, 15) is 10.2 Å². The molecule has 19 heavy (non-hydrogen) atoms. The van der Waals surface area contributed by atoms with Crippen LogP contribution in [0.25, 0.3) is 11.2 Å². The molecule has 0 aliphatic carbocycles. The number of aromatic nitrogens is 4. The number of aliphatic hydroxyl groups excluding tert-OH is 3. The van der Waals surface area contributed by atoms with Crippen molar-refractivity contribution in [1.82, 2.24) is 19.5 Å². The molecule has 2 aromatic heterocycles. The Morgan fingerprint density at radius 2 is 2.16 bits per heavy atom. The van der Waals surface area contributed by atoms with Crippen LogP contribution in [-0.4, -0.2) is 59.8 Å². The molecule has 4 atom stereocenters. The molecule has 9 nitrogen and oxygen atoms in total. The van der Waals surface area contributed by atoms with Crippen LogP contribution >= 0.6 is 0 Å². The molecule has 0 aromatic carbocycles. The Balaban J connectivity index is 2.04. The van der Waals surface area contributed by atoms with Crippen molar-refractivity contribution in [3.05, 3.63) is 12.7 Å². The monoisotopic (exact) mass is 269 g/mol. The number of nitrogens with two attached hydrogens (primary N) is 1. The molecule has 0 amide bonds. The molecule has 1 aliphatic heterocycles. The summed E-state index contributed by atoms with van der Waals surface area (Å²) in [7, 11) is 0. The van der Waals surface area contributed by atoms with E-state index in [2.05, 4.69) is 15.0 Å². The summed E-state index contributed by atoms with van der Waals surface area (Å²) >= 11 is 0. The van der Waals surface area contributed by atoms with Gasteiger partial charge in [0.25, 0.3) is 0 Å². The second-order valence-electron chi connectivity index (χ2n) is 4.31. The minimum atomic E-state index is -1.19. The normalized spacial score (nSPS) is 31.1. The van der Waals surface area contributed by atoms with Gasteiger partial charge in [-0.25, -0.2) is 15.0 Å². The summed E-state index contributed by atoms with van der Waals surface area (Å²) in [6, 6.07) is 0. The Labute approximate surface area is 107 Å². The van der Waals surface area contributed by atoms with E-state index >= 15 is 0 Å². The van der Waals surface area contributed by atoms with E-state index < -0.39 is 31.1 Å². The molecule has 3 rings (SSSR count).